The minimum atomic E-state index is 0.638. The Hall–Kier alpha value is -2.10. The van der Waals surface area contributed by atoms with Gasteiger partial charge in [-0.25, -0.2) is 4.98 Å². The van der Waals surface area contributed by atoms with Crippen molar-refractivity contribution >= 4 is 17.5 Å². The van der Waals surface area contributed by atoms with Gasteiger partial charge in [-0.3, -0.25) is 0 Å². The molecular weight excluding hydrogens is 248 g/mol. The van der Waals surface area contributed by atoms with Crippen molar-refractivity contribution in [1.82, 2.24) is 9.97 Å². The zero-order chi connectivity index (χ0) is 14.5. The molecule has 2 aromatic rings. The van der Waals surface area contributed by atoms with Crippen molar-refractivity contribution in [3.05, 3.63) is 41.6 Å². The standard InChI is InChI=1S/C16H22N4/c1-5-20(6-2)15-7-8-17-16(19-15)18-14-10-12(3)9-13(4)11-14/h7-11H,5-6H2,1-4H3,(H,17,18,19). The van der Waals surface area contributed by atoms with Crippen LogP contribution in [0.15, 0.2) is 30.5 Å². The molecule has 0 bridgehead atoms. The summed E-state index contributed by atoms with van der Waals surface area (Å²) < 4.78 is 0. The number of aryl methyl sites for hydroxylation is 2. The van der Waals surface area contributed by atoms with E-state index in [2.05, 4.69) is 66.1 Å². The molecule has 2 rings (SSSR count). The maximum absolute atomic E-state index is 4.57. The monoisotopic (exact) mass is 270 g/mol. The number of nitrogens with zero attached hydrogens (tertiary/aromatic N) is 3. The van der Waals surface area contributed by atoms with Crippen LogP contribution in [0.5, 0.6) is 0 Å². The fourth-order valence-electron chi connectivity index (χ4n) is 2.31. The fourth-order valence-corrected chi connectivity index (χ4v) is 2.31. The van der Waals surface area contributed by atoms with E-state index < -0.39 is 0 Å². The van der Waals surface area contributed by atoms with Gasteiger partial charge in [-0.2, -0.15) is 4.98 Å². The summed E-state index contributed by atoms with van der Waals surface area (Å²) in [6.45, 7) is 10.3. The van der Waals surface area contributed by atoms with Crippen molar-refractivity contribution in [2.45, 2.75) is 27.7 Å². The normalized spacial score (nSPS) is 10.4. The molecule has 0 aliphatic rings. The molecule has 0 radical (unpaired) electrons. The third kappa shape index (κ3) is 3.47. The molecule has 4 heteroatoms. The highest BCUT2D eigenvalue weighted by atomic mass is 15.2. The zero-order valence-electron chi connectivity index (χ0n) is 12.6. The van der Waals surface area contributed by atoms with Crippen molar-refractivity contribution in [2.24, 2.45) is 0 Å². The SMILES string of the molecule is CCN(CC)c1ccnc(Nc2cc(C)cc(C)c2)n1. The summed E-state index contributed by atoms with van der Waals surface area (Å²) in [7, 11) is 0. The number of hydrogen-bond acceptors (Lipinski definition) is 4. The van der Waals surface area contributed by atoms with Crippen LogP contribution in [-0.4, -0.2) is 23.1 Å². The van der Waals surface area contributed by atoms with Gasteiger partial charge in [0.25, 0.3) is 0 Å². The van der Waals surface area contributed by atoms with Crippen LogP contribution in [0.2, 0.25) is 0 Å². The average molecular weight is 270 g/mol. The van der Waals surface area contributed by atoms with E-state index in [1.54, 1.807) is 6.20 Å². The van der Waals surface area contributed by atoms with Gasteiger partial charge in [-0.15, -0.1) is 0 Å². The van der Waals surface area contributed by atoms with Crippen molar-refractivity contribution in [3.63, 3.8) is 0 Å². The Morgan fingerprint density at radius 3 is 2.30 bits per heavy atom. The highest BCUT2D eigenvalue weighted by molar-refractivity contribution is 5.57. The van der Waals surface area contributed by atoms with E-state index >= 15 is 0 Å². The van der Waals surface area contributed by atoms with Crippen molar-refractivity contribution in [1.29, 1.82) is 0 Å². The first kappa shape index (κ1) is 14.3. The number of benzene rings is 1. The summed E-state index contributed by atoms with van der Waals surface area (Å²) >= 11 is 0. The number of nitrogens with one attached hydrogen (secondary N) is 1. The van der Waals surface area contributed by atoms with Crippen LogP contribution >= 0.6 is 0 Å². The molecule has 106 valence electrons. The topological polar surface area (TPSA) is 41.1 Å². The summed E-state index contributed by atoms with van der Waals surface area (Å²) in [5.74, 6) is 1.59. The maximum atomic E-state index is 4.57. The Morgan fingerprint density at radius 1 is 1.05 bits per heavy atom. The first-order chi connectivity index (χ1) is 9.62. The molecule has 0 unspecified atom stereocenters. The lowest BCUT2D eigenvalue weighted by atomic mass is 10.1. The predicted molar refractivity (Wildman–Crippen MR) is 84.8 cm³/mol. The van der Waals surface area contributed by atoms with Crippen LogP contribution in [0.4, 0.5) is 17.5 Å². The molecule has 1 N–H and O–H groups in total. The lowest BCUT2D eigenvalue weighted by Crippen LogP contribution is -2.23. The quantitative estimate of drug-likeness (QED) is 0.899. The summed E-state index contributed by atoms with van der Waals surface area (Å²) in [5, 5.41) is 3.28. The van der Waals surface area contributed by atoms with Crippen molar-refractivity contribution in [2.75, 3.05) is 23.3 Å². The van der Waals surface area contributed by atoms with Crippen molar-refractivity contribution < 1.29 is 0 Å². The molecule has 0 fully saturated rings. The molecule has 0 atom stereocenters. The average Bonchev–Trinajstić information content (AvgIpc) is 2.39. The number of hydrogen-bond donors (Lipinski definition) is 1. The Kier molecular flexibility index (Phi) is 4.56. The summed E-state index contributed by atoms with van der Waals surface area (Å²) in [6, 6.07) is 8.29. The van der Waals surface area contributed by atoms with Crippen LogP contribution in [0.3, 0.4) is 0 Å². The highest BCUT2D eigenvalue weighted by Crippen LogP contribution is 2.19. The van der Waals surface area contributed by atoms with Gasteiger partial charge in [0.1, 0.15) is 5.82 Å². The van der Waals surface area contributed by atoms with Crippen molar-refractivity contribution in [3.8, 4) is 0 Å². The second-order valence-electron chi connectivity index (χ2n) is 4.91. The van der Waals surface area contributed by atoms with Gasteiger partial charge in [0, 0.05) is 25.0 Å². The third-order valence-electron chi connectivity index (χ3n) is 3.21. The van der Waals surface area contributed by atoms with E-state index in [9.17, 15) is 0 Å². The van der Waals surface area contributed by atoms with E-state index in [4.69, 9.17) is 0 Å². The largest absolute Gasteiger partial charge is 0.357 e. The van der Waals surface area contributed by atoms with Crippen LogP contribution in [0, 0.1) is 13.8 Å². The highest BCUT2D eigenvalue weighted by Gasteiger charge is 2.05. The van der Waals surface area contributed by atoms with Gasteiger partial charge in [-0.05, 0) is 57.0 Å². The molecular formula is C16H22N4. The number of rotatable bonds is 5. The van der Waals surface area contributed by atoms with Crippen LogP contribution in [-0.2, 0) is 0 Å². The Bertz CT molecular complexity index is 556. The fraction of sp³-hybridized carbons (Fsp3) is 0.375. The predicted octanol–water partition coefficient (Wildman–Crippen LogP) is 3.68. The maximum Gasteiger partial charge on any atom is 0.229 e. The van der Waals surface area contributed by atoms with Crippen LogP contribution in [0.1, 0.15) is 25.0 Å². The minimum absolute atomic E-state index is 0.638. The smallest absolute Gasteiger partial charge is 0.229 e. The third-order valence-corrected chi connectivity index (χ3v) is 3.21. The molecule has 1 heterocycles. The second-order valence-corrected chi connectivity index (χ2v) is 4.91. The molecule has 1 aromatic heterocycles. The molecule has 0 aliphatic carbocycles. The summed E-state index contributed by atoms with van der Waals surface area (Å²) in [5.41, 5.74) is 3.49. The Labute approximate surface area is 120 Å². The second kappa shape index (κ2) is 6.37. The first-order valence-electron chi connectivity index (χ1n) is 7.05. The van der Waals surface area contributed by atoms with E-state index in [0.717, 1.165) is 24.6 Å². The van der Waals surface area contributed by atoms with E-state index in [1.807, 2.05) is 6.07 Å². The van der Waals surface area contributed by atoms with E-state index in [0.29, 0.717) is 5.95 Å². The Balaban J connectivity index is 2.23. The van der Waals surface area contributed by atoms with Gasteiger partial charge in [-0.1, -0.05) is 6.07 Å². The Morgan fingerprint density at radius 2 is 1.70 bits per heavy atom. The molecule has 20 heavy (non-hydrogen) atoms. The van der Waals surface area contributed by atoms with E-state index in [-0.39, 0.29) is 0 Å². The molecule has 1 aromatic carbocycles. The minimum Gasteiger partial charge on any atom is -0.357 e. The van der Waals surface area contributed by atoms with Gasteiger partial charge in [0.15, 0.2) is 0 Å². The zero-order valence-corrected chi connectivity index (χ0v) is 12.6. The molecule has 0 saturated heterocycles. The molecule has 0 aliphatic heterocycles. The van der Waals surface area contributed by atoms with Gasteiger partial charge < -0.3 is 10.2 Å². The lowest BCUT2D eigenvalue weighted by Gasteiger charge is -2.20. The summed E-state index contributed by atoms with van der Waals surface area (Å²) in [6.07, 6.45) is 1.80. The van der Waals surface area contributed by atoms with Gasteiger partial charge >= 0.3 is 0 Å². The molecule has 0 spiro atoms. The first-order valence-corrected chi connectivity index (χ1v) is 7.05. The van der Waals surface area contributed by atoms with Gasteiger partial charge in [0.2, 0.25) is 5.95 Å². The number of anilines is 3. The van der Waals surface area contributed by atoms with Crippen LogP contribution < -0.4 is 10.2 Å². The summed E-state index contributed by atoms with van der Waals surface area (Å²) in [4.78, 5) is 11.1. The lowest BCUT2D eigenvalue weighted by molar-refractivity contribution is 0.843. The number of aromatic nitrogens is 2. The van der Waals surface area contributed by atoms with Gasteiger partial charge in [0.05, 0.1) is 0 Å². The van der Waals surface area contributed by atoms with E-state index in [1.165, 1.54) is 11.1 Å². The molecule has 0 saturated carbocycles. The molecule has 4 nitrogen and oxygen atoms in total. The molecule has 0 amide bonds. The van der Waals surface area contributed by atoms with Crippen LogP contribution in [0.25, 0.3) is 0 Å².